The molecule has 0 aliphatic rings. The number of thioether (sulfide) groups is 1. The van der Waals surface area contributed by atoms with Gasteiger partial charge in [0.1, 0.15) is 0 Å². The van der Waals surface area contributed by atoms with Crippen LogP contribution in [0.15, 0.2) is 24.3 Å². The van der Waals surface area contributed by atoms with Crippen LogP contribution in [0.5, 0.6) is 0 Å². The van der Waals surface area contributed by atoms with E-state index in [-0.39, 0.29) is 0 Å². The number of hydrogen-bond donors (Lipinski definition) is 1. The van der Waals surface area contributed by atoms with Gasteiger partial charge in [-0.15, -0.1) is 0 Å². The fourth-order valence-corrected chi connectivity index (χ4v) is 1.88. The molecule has 0 radical (unpaired) electrons. The normalized spacial score (nSPS) is 12.7. The highest BCUT2D eigenvalue weighted by Gasteiger charge is 2.01. The van der Waals surface area contributed by atoms with Gasteiger partial charge < -0.3 is 5.32 Å². The molecule has 0 heterocycles. The van der Waals surface area contributed by atoms with Gasteiger partial charge in [0, 0.05) is 18.3 Å². The number of aryl methyl sites for hydroxylation is 1. The maximum Gasteiger partial charge on any atom is 0.00794 e. The summed E-state index contributed by atoms with van der Waals surface area (Å²) in [5.41, 5.74) is 2.76. The first kappa shape index (κ1) is 12.6. The first-order chi connectivity index (χ1) is 7.22. The van der Waals surface area contributed by atoms with E-state index in [1.807, 2.05) is 11.8 Å². The molecular weight excluding hydrogens is 202 g/mol. The van der Waals surface area contributed by atoms with Gasteiger partial charge in [0.2, 0.25) is 0 Å². The fraction of sp³-hybridized carbons (Fsp3) is 0.538. The fourth-order valence-electron chi connectivity index (χ4n) is 1.56. The molecule has 1 unspecified atom stereocenters. The molecule has 0 amide bonds. The minimum Gasteiger partial charge on any atom is -0.313 e. The standard InChI is InChI=1S/C13H21NS/c1-11-4-6-13(7-5-11)10-12(2)14-8-9-15-3/h4-7,12,14H,8-10H2,1-3H3. The summed E-state index contributed by atoms with van der Waals surface area (Å²) in [5, 5.41) is 3.53. The van der Waals surface area contributed by atoms with Crippen molar-refractivity contribution in [2.45, 2.75) is 26.3 Å². The largest absolute Gasteiger partial charge is 0.313 e. The Labute approximate surface area is 97.7 Å². The number of nitrogens with one attached hydrogen (secondary N) is 1. The van der Waals surface area contributed by atoms with Crippen LogP contribution < -0.4 is 5.32 Å². The molecule has 0 saturated carbocycles. The molecule has 1 N–H and O–H groups in total. The Bertz CT molecular complexity index is 268. The lowest BCUT2D eigenvalue weighted by molar-refractivity contribution is 0.568. The van der Waals surface area contributed by atoms with Gasteiger partial charge >= 0.3 is 0 Å². The third-order valence-corrected chi connectivity index (χ3v) is 3.07. The molecule has 0 spiro atoms. The third-order valence-electron chi connectivity index (χ3n) is 2.46. The molecule has 1 nitrogen and oxygen atoms in total. The average Bonchev–Trinajstić information content (AvgIpc) is 2.22. The first-order valence-electron chi connectivity index (χ1n) is 5.50. The van der Waals surface area contributed by atoms with Gasteiger partial charge in [0.15, 0.2) is 0 Å². The topological polar surface area (TPSA) is 12.0 Å². The maximum absolute atomic E-state index is 3.53. The lowest BCUT2D eigenvalue weighted by atomic mass is 10.1. The van der Waals surface area contributed by atoms with Gasteiger partial charge in [-0.1, -0.05) is 29.8 Å². The van der Waals surface area contributed by atoms with E-state index in [4.69, 9.17) is 0 Å². The van der Waals surface area contributed by atoms with E-state index >= 15 is 0 Å². The monoisotopic (exact) mass is 223 g/mol. The Kier molecular flexibility index (Phi) is 5.81. The number of benzene rings is 1. The van der Waals surface area contributed by atoms with Gasteiger partial charge in [-0.05, 0) is 32.1 Å². The highest BCUT2D eigenvalue weighted by atomic mass is 32.2. The van der Waals surface area contributed by atoms with Crippen LogP contribution in [-0.4, -0.2) is 24.6 Å². The molecule has 0 aliphatic carbocycles. The number of rotatable bonds is 6. The maximum atomic E-state index is 3.53. The van der Waals surface area contributed by atoms with Crippen LogP contribution in [0.1, 0.15) is 18.1 Å². The zero-order chi connectivity index (χ0) is 11.1. The van der Waals surface area contributed by atoms with Crippen LogP contribution in [0.25, 0.3) is 0 Å². The highest BCUT2D eigenvalue weighted by molar-refractivity contribution is 7.98. The molecule has 84 valence electrons. The van der Waals surface area contributed by atoms with E-state index in [0.717, 1.165) is 13.0 Å². The molecule has 0 fully saturated rings. The first-order valence-corrected chi connectivity index (χ1v) is 6.89. The lowest BCUT2D eigenvalue weighted by Gasteiger charge is -2.13. The molecule has 0 aliphatic heterocycles. The van der Waals surface area contributed by atoms with Gasteiger partial charge in [0.25, 0.3) is 0 Å². The van der Waals surface area contributed by atoms with Crippen molar-refractivity contribution in [1.82, 2.24) is 5.32 Å². The predicted molar refractivity (Wildman–Crippen MR) is 70.7 cm³/mol. The SMILES string of the molecule is CSCCNC(C)Cc1ccc(C)cc1. The van der Waals surface area contributed by atoms with Gasteiger partial charge in [0.05, 0.1) is 0 Å². The average molecular weight is 223 g/mol. The summed E-state index contributed by atoms with van der Waals surface area (Å²) >= 11 is 1.89. The second kappa shape index (κ2) is 6.91. The molecule has 0 bridgehead atoms. The summed E-state index contributed by atoms with van der Waals surface area (Å²) in [5.74, 6) is 1.19. The van der Waals surface area contributed by atoms with Crippen LogP contribution >= 0.6 is 11.8 Å². The Balaban J connectivity index is 2.31. The van der Waals surface area contributed by atoms with Crippen molar-refractivity contribution in [1.29, 1.82) is 0 Å². The zero-order valence-corrected chi connectivity index (χ0v) is 10.7. The van der Waals surface area contributed by atoms with E-state index in [0.29, 0.717) is 6.04 Å². The van der Waals surface area contributed by atoms with E-state index in [1.165, 1.54) is 16.9 Å². The van der Waals surface area contributed by atoms with Crippen LogP contribution in [0.2, 0.25) is 0 Å². The van der Waals surface area contributed by atoms with E-state index < -0.39 is 0 Å². The van der Waals surface area contributed by atoms with Gasteiger partial charge in [-0.2, -0.15) is 11.8 Å². The van der Waals surface area contributed by atoms with E-state index in [1.54, 1.807) is 0 Å². The molecule has 15 heavy (non-hydrogen) atoms. The van der Waals surface area contributed by atoms with Crippen molar-refractivity contribution in [3.63, 3.8) is 0 Å². The second-order valence-corrected chi connectivity index (χ2v) is 5.02. The second-order valence-electron chi connectivity index (χ2n) is 4.04. The Morgan fingerprint density at radius 1 is 1.27 bits per heavy atom. The summed E-state index contributed by atoms with van der Waals surface area (Å²) in [6.45, 7) is 5.48. The predicted octanol–water partition coefficient (Wildman–Crippen LogP) is 2.88. The van der Waals surface area contributed by atoms with Crippen molar-refractivity contribution >= 4 is 11.8 Å². The van der Waals surface area contributed by atoms with Gasteiger partial charge in [-0.3, -0.25) is 0 Å². The molecule has 2 heteroatoms. The molecule has 0 aromatic heterocycles. The Morgan fingerprint density at radius 3 is 2.53 bits per heavy atom. The zero-order valence-electron chi connectivity index (χ0n) is 9.92. The molecular formula is C13H21NS. The summed E-state index contributed by atoms with van der Waals surface area (Å²) in [6, 6.07) is 9.39. The van der Waals surface area contributed by atoms with Crippen molar-refractivity contribution in [3.8, 4) is 0 Å². The lowest BCUT2D eigenvalue weighted by Crippen LogP contribution is -2.29. The minimum absolute atomic E-state index is 0.569. The Morgan fingerprint density at radius 2 is 1.93 bits per heavy atom. The summed E-state index contributed by atoms with van der Waals surface area (Å²) in [6.07, 6.45) is 3.26. The smallest absolute Gasteiger partial charge is 0.00794 e. The summed E-state index contributed by atoms with van der Waals surface area (Å²) in [4.78, 5) is 0. The molecule has 1 aromatic rings. The van der Waals surface area contributed by atoms with Gasteiger partial charge in [-0.25, -0.2) is 0 Å². The highest BCUT2D eigenvalue weighted by Crippen LogP contribution is 2.05. The van der Waals surface area contributed by atoms with E-state index in [2.05, 4.69) is 49.7 Å². The molecule has 1 atom stereocenters. The Hall–Kier alpha value is -0.470. The van der Waals surface area contributed by atoms with Crippen molar-refractivity contribution in [2.24, 2.45) is 0 Å². The van der Waals surface area contributed by atoms with Crippen LogP contribution in [0.3, 0.4) is 0 Å². The van der Waals surface area contributed by atoms with E-state index in [9.17, 15) is 0 Å². The minimum atomic E-state index is 0.569. The van der Waals surface area contributed by atoms with Crippen LogP contribution in [-0.2, 0) is 6.42 Å². The molecule has 0 saturated heterocycles. The summed E-state index contributed by atoms with van der Waals surface area (Å²) in [7, 11) is 0. The molecule has 1 rings (SSSR count). The van der Waals surface area contributed by atoms with Crippen molar-refractivity contribution in [2.75, 3.05) is 18.6 Å². The van der Waals surface area contributed by atoms with Crippen LogP contribution in [0.4, 0.5) is 0 Å². The summed E-state index contributed by atoms with van der Waals surface area (Å²) < 4.78 is 0. The number of hydrogen-bond acceptors (Lipinski definition) is 2. The van der Waals surface area contributed by atoms with Crippen LogP contribution in [0, 0.1) is 6.92 Å². The van der Waals surface area contributed by atoms with Crippen molar-refractivity contribution in [3.05, 3.63) is 35.4 Å². The third kappa shape index (κ3) is 5.24. The quantitative estimate of drug-likeness (QED) is 0.744. The molecule has 1 aromatic carbocycles. The van der Waals surface area contributed by atoms with Crippen molar-refractivity contribution < 1.29 is 0 Å².